The number of pyridine rings is 1. The molecular formula is C14H23N3S. The molecule has 1 aliphatic rings. The van der Waals surface area contributed by atoms with E-state index in [1.165, 1.54) is 29.3 Å². The lowest BCUT2D eigenvalue weighted by Gasteiger charge is -2.33. The molecule has 1 saturated heterocycles. The van der Waals surface area contributed by atoms with Crippen molar-refractivity contribution in [1.82, 2.24) is 15.2 Å². The largest absolute Gasteiger partial charge is 0.313 e. The molecule has 2 rings (SSSR count). The van der Waals surface area contributed by atoms with Gasteiger partial charge in [-0.3, -0.25) is 9.88 Å². The second-order valence-electron chi connectivity index (χ2n) is 4.78. The highest BCUT2D eigenvalue weighted by atomic mass is 32.2. The highest BCUT2D eigenvalue weighted by Crippen LogP contribution is 2.19. The summed E-state index contributed by atoms with van der Waals surface area (Å²) in [5.41, 5.74) is 2.57. The van der Waals surface area contributed by atoms with Gasteiger partial charge < -0.3 is 5.32 Å². The lowest BCUT2D eigenvalue weighted by atomic mass is 10.1. The summed E-state index contributed by atoms with van der Waals surface area (Å²) in [7, 11) is 0. The molecule has 3 nitrogen and oxygen atoms in total. The van der Waals surface area contributed by atoms with Crippen molar-refractivity contribution in [3.8, 4) is 0 Å². The SMILES string of the molecule is CCNCc1cccnc1CN1CCSCC1C. The number of thioether (sulfide) groups is 1. The minimum atomic E-state index is 0.665. The molecule has 0 aliphatic carbocycles. The third-order valence-electron chi connectivity index (χ3n) is 3.41. The van der Waals surface area contributed by atoms with Crippen LogP contribution in [-0.4, -0.2) is 40.5 Å². The van der Waals surface area contributed by atoms with Gasteiger partial charge in [-0.2, -0.15) is 11.8 Å². The summed E-state index contributed by atoms with van der Waals surface area (Å²) in [5, 5.41) is 3.39. The minimum absolute atomic E-state index is 0.665. The first-order chi connectivity index (χ1) is 8.81. The fourth-order valence-electron chi connectivity index (χ4n) is 2.22. The van der Waals surface area contributed by atoms with Crippen molar-refractivity contribution >= 4 is 11.8 Å². The van der Waals surface area contributed by atoms with E-state index in [1.54, 1.807) is 0 Å². The molecule has 100 valence electrons. The second-order valence-corrected chi connectivity index (χ2v) is 5.93. The van der Waals surface area contributed by atoms with E-state index in [0.717, 1.165) is 19.6 Å². The third kappa shape index (κ3) is 3.70. The first-order valence-electron chi connectivity index (χ1n) is 6.76. The van der Waals surface area contributed by atoms with Crippen molar-refractivity contribution in [1.29, 1.82) is 0 Å². The molecule has 0 radical (unpaired) electrons. The van der Waals surface area contributed by atoms with Gasteiger partial charge in [0.15, 0.2) is 0 Å². The van der Waals surface area contributed by atoms with Gasteiger partial charge in [0.2, 0.25) is 0 Å². The molecule has 18 heavy (non-hydrogen) atoms. The minimum Gasteiger partial charge on any atom is -0.313 e. The van der Waals surface area contributed by atoms with E-state index in [2.05, 4.69) is 46.9 Å². The average Bonchev–Trinajstić information content (AvgIpc) is 2.40. The number of hydrogen-bond acceptors (Lipinski definition) is 4. The van der Waals surface area contributed by atoms with E-state index in [4.69, 9.17) is 0 Å². The maximum atomic E-state index is 4.57. The standard InChI is InChI=1S/C14H23N3S/c1-3-15-9-13-5-4-6-16-14(13)10-17-7-8-18-11-12(17)2/h4-6,12,15H,3,7-11H2,1-2H3. The molecule has 1 aliphatic heterocycles. The lowest BCUT2D eigenvalue weighted by Crippen LogP contribution is -2.40. The smallest absolute Gasteiger partial charge is 0.0588 e. The first kappa shape index (κ1) is 13.8. The Hall–Kier alpha value is -0.580. The highest BCUT2D eigenvalue weighted by molar-refractivity contribution is 7.99. The Morgan fingerprint density at radius 2 is 2.44 bits per heavy atom. The van der Waals surface area contributed by atoms with Crippen LogP contribution in [-0.2, 0) is 13.1 Å². The van der Waals surface area contributed by atoms with Crippen molar-refractivity contribution in [2.24, 2.45) is 0 Å². The summed E-state index contributed by atoms with van der Waals surface area (Å²) in [6.07, 6.45) is 1.91. The number of nitrogens with zero attached hydrogens (tertiary/aromatic N) is 2. The lowest BCUT2D eigenvalue weighted by molar-refractivity contribution is 0.220. The number of nitrogens with one attached hydrogen (secondary N) is 1. The summed E-state index contributed by atoms with van der Waals surface area (Å²) in [4.78, 5) is 7.12. The molecule has 1 unspecified atom stereocenters. The van der Waals surface area contributed by atoms with Crippen LogP contribution in [0.3, 0.4) is 0 Å². The number of hydrogen-bond donors (Lipinski definition) is 1. The monoisotopic (exact) mass is 265 g/mol. The first-order valence-corrected chi connectivity index (χ1v) is 7.92. The summed E-state index contributed by atoms with van der Waals surface area (Å²) in [6, 6.07) is 4.89. The summed E-state index contributed by atoms with van der Waals surface area (Å²) in [5.74, 6) is 2.50. The van der Waals surface area contributed by atoms with Crippen LogP contribution >= 0.6 is 11.8 Å². The van der Waals surface area contributed by atoms with Crippen molar-refractivity contribution in [3.63, 3.8) is 0 Å². The van der Waals surface area contributed by atoms with Gasteiger partial charge in [-0.25, -0.2) is 0 Å². The van der Waals surface area contributed by atoms with Crippen molar-refractivity contribution in [2.75, 3.05) is 24.6 Å². The second kappa shape index (κ2) is 7.12. The molecule has 0 spiro atoms. The van der Waals surface area contributed by atoms with E-state index < -0.39 is 0 Å². The fraction of sp³-hybridized carbons (Fsp3) is 0.643. The van der Waals surface area contributed by atoms with E-state index in [0.29, 0.717) is 6.04 Å². The quantitative estimate of drug-likeness (QED) is 0.883. The zero-order valence-corrected chi connectivity index (χ0v) is 12.2. The zero-order valence-electron chi connectivity index (χ0n) is 11.4. The van der Waals surface area contributed by atoms with Crippen molar-refractivity contribution in [3.05, 3.63) is 29.6 Å². The molecule has 4 heteroatoms. The maximum absolute atomic E-state index is 4.57. The Kier molecular flexibility index (Phi) is 5.47. The van der Waals surface area contributed by atoms with Crippen molar-refractivity contribution < 1.29 is 0 Å². The van der Waals surface area contributed by atoms with Crippen LogP contribution in [0.5, 0.6) is 0 Å². The van der Waals surface area contributed by atoms with Gasteiger partial charge >= 0.3 is 0 Å². The molecule has 1 aromatic heterocycles. The van der Waals surface area contributed by atoms with Gasteiger partial charge in [-0.1, -0.05) is 13.0 Å². The van der Waals surface area contributed by atoms with Gasteiger partial charge in [0.1, 0.15) is 0 Å². The van der Waals surface area contributed by atoms with Crippen LogP contribution in [0.25, 0.3) is 0 Å². The number of aromatic nitrogens is 1. The highest BCUT2D eigenvalue weighted by Gasteiger charge is 2.19. The summed E-state index contributed by atoms with van der Waals surface area (Å²) >= 11 is 2.06. The molecule has 2 heterocycles. The van der Waals surface area contributed by atoms with E-state index >= 15 is 0 Å². The fourth-order valence-corrected chi connectivity index (χ4v) is 3.31. The predicted octanol–water partition coefficient (Wildman–Crippen LogP) is 2.13. The van der Waals surface area contributed by atoms with Crippen LogP contribution in [0.1, 0.15) is 25.1 Å². The Balaban J connectivity index is 2.03. The predicted molar refractivity (Wildman–Crippen MR) is 78.8 cm³/mol. The van der Waals surface area contributed by atoms with Gasteiger partial charge in [0.25, 0.3) is 0 Å². The molecule has 0 amide bonds. The van der Waals surface area contributed by atoms with Crippen LogP contribution in [0.2, 0.25) is 0 Å². The third-order valence-corrected chi connectivity index (χ3v) is 4.60. The van der Waals surface area contributed by atoms with E-state index in [-0.39, 0.29) is 0 Å². The van der Waals surface area contributed by atoms with Gasteiger partial charge in [-0.05, 0) is 25.1 Å². The Morgan fingerprint density at radius 3 is 3.22 bits per heavy atom. The molecule has 1 aromatic rings. The molecule has 1 atom stereocenters. The Labute approximate surface area is 114 Å². The topological polar surface area (TPSA) is 28.2 Å². The maximum Gasteiger partial charge on any atom is 0.0588 e. The van der Waals surface area contributed by atoms with Crippen LogP contribution in [0, 0.1) is 0 Å². The Bertz CT molecular complexity index is 370. The average molecular weight is 265 g/mol. The summed E-state index contributed by atoms with van der Waals surface area (Å²) in [6.45, 7) is 8.56. The summed E-state index contributed by atoms with van der Waals surface area (Å²) < 4.78 is 0. The Morgan fingerprint density at radius 1 is 1.56 bits per heavy atom. The normalized spacial score (nSPS) is 21.1. The van der Waals surface area contributed by atoms with E-state index in [9.17, 15) is 0 Å². The molecule has 1 fully saturated rings. The zero-order chi connectivity index (χ0) is 12.8. The van der Waals surface area contributed by atoms with Crippen LogP contribution in [0.4, 0.5) is 0 Å². The molecule has 0 saturated carbocycles. The molecule has 0 aromatic carbocycles. The van der Waals surface area contributed by atoms with Crippen molar-refractivity contribution in [2.45, 2.75) is 33.0 Å². The molecule has 0 bridgehead atoms. The van der Waals surface area contributed by atoms with Gasteiger partial charge in [0.05, 0.1) is 5.69 Å². The van der Waals surface area contributed by atoms with E-state index in [1.807, 2.05) is 12.3 Å². The van der Waals surface area contributed by atoms with Gasteiger partial charge in [-0.15, -0.1) is 0 Å². The van der Waals surface area contributed by atoms with Crippen LogP contribution in [0.15, 0.2) is 18.3 Å². The molecule has 1 N–H and O–H groups in total. The van der Waals surface area contributed by atoms with Crippen LogP contribution < -0.4 is 5.32 Å². The van der Waals surface area contributed by atoms with Gasteiger partial charge in [0, 0.05) is 43.4 Å². The number of rotatable bonds is 5. The molecular weight excluding hydrogens is 242 g/mol.